The van der Waals surface area contributed by atoms with E-state index in [1.54, 1.807) is 19.9 Å². The van der Waals surface area contributed by atoms with Gasteiger partial charge in [-0.25, -0.2) is 8.42 Å². The average molecular weight is 399 g/mol. The first-order valence-corrected chi connectivity index (χ1v) is 10.8. The number of rotatable bonds is 5. The molecular weight excluding hydrogens is 376 g/mol. The van der Waals surface area contributed by atoms with Crippen LogP contribution in [0.1, 0.15) is 29.5 Å². The SMILES string of the molecule is CCOC(=O)C1CCN(S(=O)(=O)c2c(C)sc(C)c2-c2ccno2)CC1. The van der Waals surface area contributed by atoms with Crippen molar-refractivity contribution < 1.29 is 22.5 Å². The monoisotopic (exact) mass is 398 g/mol. The molecular formula is C17H22N2O5S2. The Bertz CT molecular complexity index is 879. The maximum absolute atomic E-state index is 13.3. The lowest BCUT2D eigenvalue weighted by molar-refractivity contribution is -0.149. The van der Waals surface area contributed by atoms with Crippen molar-refractivity contribution in [3.05, 3.63) is 22.0 Å². The molecule has 1 saturated heterocycles. The predicted octanol–water partition coefficient (Wildman–Crippen LogP) is 2.98. The molecule has 7 nitrogen and oxygen atoms in total. The summed E-state index contributed by atoms with van der Waals surface area (Å²) in [5, 5.41) is 3.70. The van der Waals surface area contributed by atoms with Crippen molar-refractivity contribution in [3.8, 4) is 11.3 Å². The Labute approximate surface area is 157 Å². The zero-order chi connectivity index (χ0) is 18.9. The first-order chi connectivity index (χ1) is 12.4. The van der Waals surface area contributed by atoms with Gasteiger partial charge in [-0.3, -0.25) is 4.79 Å². The summed E-state index contributed by atoms with van der Waals surface area (Å²) in [6, 6.07) is 1.67. The molecule has 1 aliphatic rings. The molecule has 0 saturated carbocycles. The fraction of sp³-hybridized carbons (Fsp3) is 0.529. The molecule has 3 heterocycles. The summed E-state index contributed by atoms with van der Waals surface area (Å²) in [4.78, 5) is 13.8. The van der Waals surface area contributed by atoms with Crippen LogP contribution in [0.2, 0.25) is 0 Å². The molecule has 26 heavy (non-hydrogen) atoms. The second-order valence-electron chi connectivity index (χ2n) is 6.23. The summed E-state index contributed by atoms with van der Waals surface area (Å²) >= 11 is 1.43. The molecule has 142 valence electrons. The predicted molar refractivity (Wildman–Crippen MR) is 97.4 cm³/mol. The summed E-state index contributed by atoms with van der Waals surface area (Å²) in [5.41, 5.74) is 0.581. The van der Waals surface area contributed by atoms with Gasteiger partial charge in [-0.15, -0.1) is 11.3 Å². The van der Waals surface area contributed by atoms with E-state index in [1.165, 1.54) is 21.8 Å². The van der Waals surface area contributed by atoms with Crippen LogP contribution in [0.5, 0.6) is 0 Å². The van der Waals surface area contributed by atoms with E-state index in [4.69, 9.17) is 9.26 Å². The molecule has 3 rings (SSSR count). The highest BCUT2D eigenvalue weighted by atomic mass is 32.2. The summed E-state index contributed by atoms with van der Waals surface area (Å²) in [5.74, 6) is -0.0262. The first kappa shape index (κ1) is 19.1. The smallest absolute Gasteiger partial charge is 0.309 e. The average Bonchev–Trinajstić information content (AvgIpc) is 3.22. The molecule has 0 aliphatic carbocycles. The second-order valence-corrected chi connectivity index (χ2v) is 9.53. The van der Waals surface area contributed by atoms with Crippen molar-refractivity contribution in [1.82, 2.24) is 9.46 Å². The quantitative estimate of drug-likeness (QED) is 0.719. The number of carbonyl (C=O) groups excluding carboxylic acids is 1. The topological polar surface area (TPSA) is 89.7 Å². The van der Waals surface area contributed by atoms with Crippen LogP contribution in [0.15, 0.2) is 21.7 Å². The molecule has 1 fully saturated rings. The van der Waals surface area contributed by atoms with E-state index < -0.39 is 10.0 Å². The van der Waals surface area contributed by atoms with Gasteiger partial charge in [-0.2, -0.15) is 4.31 Å². The Kier molecular flexibility index (Phi) is 5.50. The van der Waals surface area contributed by atoms with Crippen molar-refractivity contribution in [2.24, 2.45) is 5.92 Å². The maximum atomic E-state index is 13.3. The third-order valence-corrected chi connectivity index (χ3v) is 7.78. The van der Waals surface area contributed by atoms with Gasteiger partial charge in [0.25, 0.3) is 0 Å². The Hall–Kier alpha value is -1.71. The van der Waals surface area contributed by atoms with Gasteiger partial charge in [0, 0.05) is 28.9 Å². The summed E-state index contributed by atoms with van der Waals surface area (Å²) in [6.07, 6.45) is 2.44. The van der Waals surface area contributed by atoms with Gasteiger partial charge in [0.15, 0.2) is 5.76 Å². The van der Waals surface area contributed by atoms with E-state index in [0.29, 0.717) is 43.9 Å². The van der Waals surface area contributed by atoms with Crippen LogP contribution in [-0.4, -0.2) is 43.5 Å². The van der Waals surface area contributed by atoms with E-state index >= 15 is 0 Å². The summed E-state index contributed by atoms with van der Waals surface area (Å²) < 4.78 is 38.3. The van der Waals surface area contributed by atoms with Crippen LogP contribution in [0.4, 0.5) is 0 Å². The fourth-order valence-corrected chi connectivity index (χ4v) is 6.61. The Balaban J connectivity index is 1.88. The third-order valence-electron chi connectivity index (χ3n) is 4.56. The van der Waals surface area contributed by atoms with Gasteiger partial charge in [-0.05, 0) is 33.6 Å². The standard InChI is InChI=1S/C17H22N2O5S2/c1-4-23-17(20)13-6-9-19(10-7-13)26(21,22)16-12(3)25-11(2)15(16)14-5-8-18-24-14/h5,8,13H,4,6-7,9-10H2,1-3H3. The Morgan fingerprint density at radius 3 is 2.62 bits per heavy atom. The molecule has 2 aromatic heterocycles. The minimum absolute atomic E-state index is 0.236. The molecule has 0 spiro atoms. The molecule has 1 aliphatic heterocycles. The van der Waals surface area contributed by atoms with Gasteiger partial charge >= 0.3 is 5.97 Å². The lowest BCUT2D eigenvalue weighted by Crippen LogP contribution is -2.40. The van der Waals surface area contributed by atoms with Gasteiger partial charge in [-0.1, -0.05) is 5.16 Å². The van der Waals surface area contributed by atoms with Gasteiger partial charge in [0.05, 0.1) is 24.3 Å². The number of thiophene rings is 1. The second kappa shape index (κ2) is 7.50. The van der Waals surface area contributed by atoms with Crippen LogP contribution in [0.3, 0.4) is 0 Å². The van der Waals surface area contributed by atoms with E-state index in [9.17, 15) is 13.2 Å². The molecule has 2 aromatic rings. The summed E-state index contributed by atoms with van der Waals surface area (Å²) in [6.45, 7) is 6.39. The van der Waals surface area contributed by atoms with E-state index in [2.05, 4.69) is 5.16 Å². The van der Waals surface area contributed by atoms with Gasteiger partial charge in [0.1, 0.15) is 4.90 Å². The number of aryl methyl sites for hydroxylation is 2. The van der Waals surface area contributed by atoms with E-state index in [-0.39, 0.29) is 16.8 Å². The number of hydrogen-bond acceptors (Lipinski definition) is 7. The number of esters is 1. The molecule has 0 aromatic carbocycles. The Morgan fingerprint density at radius 1 is 1.35 bits per heavy atom. The number of hydrogen-bond donors (Lipinski definition) is 0. The molecule has 9 heteroatoms. The van der Waals surface area contributed by atoms with Gasteiger partial charge < -0.3 is 9.26 Å². The van der Waals surface area contributed by atoms with Crippen molar-refractivity contribution in [2.45, 2.75) is 38.5 Å². The number of piperidine rings is 1. The fourth-order valence-electron chi connectivity index (χ4n) is 3.32. The maximum Gasteiger partial charge on any atom is 0.309 e. The zero-order valence-electron chi connectivity index (χ0n) is 15.0. The molecule has 0 bridgehead atoms. The Morgan fingerprint density at radius 2 is 2.04 bits per heavy atom. The number of sulfonamides is 1. The highest BCUT2D eigenvalue weighted by Crippen LogP contribution is 2.40. The largest absolute Gasteiger partial charge is 0.466 e. The van der Waals surface area contributed by atoms with E-state index in [1.807, 2.05) is 6.92 Å². The van der Waals surface area contributed by atoms with Crippen molar-refractivity contribution in [1.29, 1.82) is 0 Å². The van der Waals surface area contributed by atoms with Crippen LogP contribution >= 0.6 is 11.3 Å². The number of nitrogens with zero attached hydrogens (tertiary/aromatic N) is 2. The van der Waals surface area contributed by atoms with E-state index in [0.717, 1.165) is 9.75 Å². The normalized spacial score (nSPS) is 16.7. The van der Waals surface area contributed by atoms with Crippen molar-refractivity contribution >= 4 is 27.3 Å². The number of aromatic nitrogens is 1. The highest BCUT2D eigenvalue weighted by molar-refractivity contribution is 7.89. The molecule has 0 radical (unpaired) electrons. The summed E-state index contributed by atoms with van der Waals surface area (Å²) in [7, 11) is -3.69. The lowest BCUT2D eigenvalue weighted by Gasteiger charge is -2.30. The van der Waals surface area contributed by atoms with Crippen LogP contribution in [0, 0.1) is 19.8 Å². The van der Waals surface area contributed by atoms with Gasteiger partial charge in [0.2, 0.25) is 10.0 Å². The minimum Gasteiger partial charge on any atom is -0.466 e. The highest BCUT2D eigenvalue weighted by Gasteiger charge is 2.36. The third kappa shape index (κ3) is 3.43. The van der Waals surface area contributed by atoms with Crippen LogP contribution in [-0.2, 0) is 19.6 Å². The molecule has 0 unspecified atom stereocenters. The van der Waals surface area contributed by atoms with Crippen molar-refractivity contribution in [3.63, 3.8) is 0 Å². The van der Waals surface area contributed by atoms with Crippen LogP contribution in [0.25, 0.3) is 11.3 Å². The number of ether oxygens (including phenoxy) is 1. The zero-order valence-corrected chi connectivity index (χ0v) is 16.7. The lowest BCUT2D eigenvalue weighted by atomic mass is 9.98. The molecule has 0 atom stereocenters. The molecule has 0 amide bonds. The van der Waals surface area contributed by atoms with Crippen molar-refractivity contribution in [2.75, 3.05) is 19.7 Å². The number of carbonyl (C=O) groups is 1. The first-order valence-electron chi connectivity index (χ1n) is 8.54. The minimum atomic E-state index is -3.69. The molecule has 0 N–H and O–H groups in total. The van der Waals surface area contributed by atoms with Crippen LogP contribution < -0.4 is 0 Å².